The Labute approximate surface area is 115 Å². The summed E-state index contributed by atoms with van der Waals surface area (Å²) in [7, 11) is 0. The molecule has 0 bridgehead atoms. The zero-order chi connectivity index (χ0) is 14.5. The molecule has 0 unspecified atom stereocenters. The Morgan fingerprint density at radius 1 is 1.35 bits per heavy atom. The molecule has 5 heteroatoms. The zero-order valence-electron chi connectivity index (χ0n) is 10.7. The Hall–Kier alpha value is -2.69. The molecule has 0 atom stereocenters. The van der Waals surface area contributed by atoms with Crippen molar-refractivity contribution < 1.29 is 19.0 Å². The van der Waals surface area contributed by atoms with Crippen molar-refractivity contribution in [2.24, 2.45) is 0 Å². The van der Waals surface area contributed by atoms with Gasteiger partial charge in [0.05, 0.1) is 0 Å². The molecule has 0 spiro atoms. The molecule has 1 N–H and O–H groups in total. The van der Waals surface area contributed by atoms with Gasteiger partial charge < -0.3 is 9.84 Å². The van der Waals surface area contributed by atoms with E-state index in [-0.39, 0.29) is 11.6 Å². The van der Waals surface area contributed by atoms with Gasteiger partial charge in [-0.3, -0.25) is 0 Å². The van der Waals surface area contributed by atoms with Gasteiger partial charge in [0.15, 0.2) is 11.6 Å². The van der Waals surface area contributed by atoms with Crippen LogP contribution in [0.4, 0.5) is 4.39 Å². The fourth-order valence-electron chi connectivity index (χ4n) is 1.52. The lowest BCUT2D eigenvalue weighted by Gasteiger charge is -2.06. The first-order valence-electron chi connectivity index (χ1n) is 5.85. The van der Waals surface area contributed by atoms with Crippen molar-refractivity contribution in [1.82, 2.24) is 4.98 Å². The fourth-order valence-corrected chi connectivity index (χ4v) is 1.52. The van der Waals surface area contributed by atoms with Crippen molar-refractivity contribution in [3.05, 3.63) is 59.5 Å². The Balaban J connectivity index is 2.14. The number of ether oxygens (including phenoxy) is 1. The molecule has 2 aromatic rings. The molecule has 0 saturated carbocycles. The van der Waals surface area contributed by atoms with Crippen LogP contribution in [0.25, 0.3) is 6.08 Å². The monoisotopic (exact) mass is 273 g/mol. The number of aromatic nitrogens is 1. The third-order valence-electron chi connectivity index (χ3n) is 2.48. The fraction of sp³-hybridized carbons (Fsp3) is 0.0667. The highest BCUT2D eigenvalue weighted by atomic mass is 19.1. The lowest BCUT2D eigenvalue weighted by molar-refractivity contribution is -0.131. The van der Waals surface area contributed by atoms with E-state index < -0.39 is 11.8 Å². The third-order valence-corrected chi connectivity index (χ3v) is 2.48. The topological polar surface area (TPSA) is 59.4 Å². The van der Waals surface area contributed by atoms with E-state index in [1.165, 1.54) is 18.3 Å². The number of hydrogen-bond donors (Lipinski definition) is 1. The Kier molecular flexibility index (Phi) is 4.10. The van der Waals surface area contributed by atoms with E-state index in [9.17, 15) is 9.18 Å². The summed E-state index contributed by atoms with van der Waals surface area (Å²) in [6.45, 7) is 1.83. The molecule has 0 aliphatic rings. The molecule has 1 aromatic carbocycles. The number of pyridine rings is 1. The van der Waals surface area contributed by atoms with Crippen LogP contribution in [0.1, 0.15) is 11.1 Å². The number of hydrogen-bond acceptors (Lipinski definition) is 3. The van der Waals surface area contributed by atoms with Gasteiger partial charge in [0.1, 0.15) is 0 Å². The molecular formula is C15H12FNO3. The zero-order valence-corrected chi connectivity index (χ0v) is 10.7. The van der Waals surface area contributed by atoms with Gasteiger partial charge in [0.25, 0.3) is 0 Å². The molecule has 0 radical (unpaired) electrons. The largest absolute Gasteiger partial charge is 0.478 e. The SMILES string of the molecule is Cc1ccc(F)c(Oc2ccc(/C=C/C(=O)O)cn2)c1. The average molecular weight is 273 g/mol. The molecular weight excluding hydrogens is 261 g/mol. The van der Waals surface area contributed by atoms with Gasteiger partial charge in [0, 0.05) is 18.3 Å². The molecule has 102 valence electrons. The van der Waals surface area contributed by atoms with E-state index in [0.29, 0.717) is 5.56 Å². The molecule has 0 aliphatic carbocycles. The Morgan fingerprint density at radius 2 is 2.15 bits per heavy atom. The van der Waals surface area contributed by atoms with E-state index in [1.54, 1.807) is 24.3 Å². The molecule has 0 aliphatic heterocycles. The minimum Gasteiger partial charge on any atom is -0.478 e. The smallest absolute Gasteiger partial charge is 0.328 e. The van der Waals surface area contributed by atoms with Crippen molar-refractivity contribution in [3.63, 3.8) is 0 Å². The first-order chi connectivity index (χ1) is 9.54. The minimum absolute atomic E-state index is 0.103. The van der Waals surface area contributed by atoms with E-state index in [1.807, 2.05) is 6.92 Å². The number of carboxylic acid groups (broad SMARTS) is 1. The van der Waals surface area contributed by atoms with Crippen LogP contribution in [-0.4, -0.2) is 16.1 Å². The minimum atomic E-state index is -1.04. The van der Waals surface area contributed by atoms with E-state index >= 15 is 0 Å². The molecule has 2 rings (SSSR count). The normalized spacial score (nSPS) is 10.7. The van der Waals surface area contributed by atoms with Gasteiger partial charge in [-0.15, -0.1) is 0 Å². The summed E-state index contributed by atoms with van der Waals surface area (Å²) < 4.78 is 18.9. The molecule has 0 saturated heterocycles. The van der Waals surface area contributed by atoms with Gasteiger partial charge >= 0.3 is 5.97 Å². The van der Waals surface area contributed by atoms with Gasteiger partial charge in [-0.2, -0.15) is 0 Å². The number of aliphatic carboxylic acids is 1. The predicted molar refractivity (Wildman–Crippen MR) is 72.1 cm³/mol. The van der Waals surface area contributed by atoms with Crippen molar-refractivity contribution in [2.75, 3.05) is 0 Å². The number of rotatable bonds is 4. The van der Waals surface area contributed by atoms with Crippen LogP contribution in [-0.2, 0) is 4.79 Å². The molecule has 0 fully saturated rings. The van der Waals surface area contributed by atoms with Crippen molar-refractivity contribution >= 4 is 12.0 Å². The van der Waals surface area contributed by atoms with Crippen molar-refractivity contribution in [2.45, 2.75) is 6.92 Å². The highest BCUT2D eigenvalue weighted by Crippen LogP contribution is 2.24. The summed E-state index contributed by atoms with van der Waals surface area (Å²) >= 11 is 0. The van der Waals surface area contributed by atoms with Gasteiger partial charge in [-0.05, 0) is 42.3 Å². The number of carboxylic acids is 1. The van der Waals surface area contributed by atoms with Crippen LogP contribution >= 0.6 is 0 Å². The Morgan fingerprint density at radius 3 is 2.80 bits per heavy atom. The molecule has 4 nitrogen and oxygen atoms in total. The second-order valence-electron chi connectivity index (χ2n) is 4.14. The van der Waals surface area contributed by atoms with E-state index in [2.05, 4.69) is 4.98 Å². The van der Waals surface area contributed by atoms with Gasteiger partial charge in [0.2, 0.25) is 5.88 Å². The lowest BCUT2D eigenvalue weighted by Crippen LogP contribution is -1.92. The summed E-state index contributed by atoms with van der Waals surface area (Å²) in [5.74, 6) is -1.16. The summed E-state index contributed by atoms with van der Waals surface area (Å²) in [4.78, 5) is 14.4. The highest BCUT2D eigenvalue weighted by molar-refractivity contribution is 5.85. The molecule has 1 heterocycles. The number of aryl methyl sites for hydroxylation is 1. The number of benzene rings is 1. The third kappa shape index (κ3) is 3.65. The predicted octanol–water partition coefficient (Wildman–Crippen LogP) is 3.42. The summed E-state index contributed by atoms with van der Waals surface area (Å²) in [5, 5.41) is 8.51. The van der Waals surface area contributed by atoms with Gasteiger partial charge in [-0.1, -0.05) is 6.07 Å². The van der Waals surface area contributed by atoms with E-state index in [4.69, 9.17) is 9.84 Å². The standard InChI is InChI=1S/C15H12FNO3/c1-10-2-5-12(16)13(8-10)20-14-6-3-11(9-17-14)4-7-15(18)19/h2-9H,1H3,(H,18,19)/b7-4+. The maximum atomic E-state index is 13.5. The second-order valence-corrected chi connectivity index (χ2v) is 4.14. The maximum Gasteiger partial charge on any atom is 0.328 e. The lowest BCUT2D eigenvalue weighted by atomic mass is 10.2. The summed E-state index contributed by atoms with van der Waals surface area (Å²) in [6, 6.07) is 7.73. The highest BCUT2D eigenvalue weighted by Gasteiger charge is 2.05. The first kappa shape index (κ1) is 13.7. The van der Waals surface area contributed by atoms with Crippen molar-refractivity contribution in [3.8, 4) is 11.6 Å². The van der Waals surface area contributed by atoms with Crippen LogP contribution in [0.3, 0.4) is 0 Å². The number of halogens is 1. The quantitative estimate of drug-likeness (QED) is 0.867. The van der Waals surface area contributed by atoms with Crippen molar-refractivity contribution in [1.29, 1.82) is 0 Å². The summed E-state index contributed by atoms with van der Waals surface area (Å²) in [5.41, 5.74) is 1.49. The number of nitrogens with zero attached hydrogens (tertiary/aromatic N) is 1. The average Bonchev–Trinajstić information content (AvgIpc) is 2.42. The Bertz CT molecular complexity index is 651. The van der Waals surface area contributed by atoms with Gasteiger partial charge in [-0.25, -0.2) is 14.2 Å². The summed E-state index contributed by atoms with van der Waals surface area (Å²) in [6.07, 6.45) is 3.87. The van der Waals surface area contributed by atoms with Crippen LogP contribution in [0.5, 0.6) is 11.6 Å². The van der Waals surface area contributed by atoms with Crippen LogP contribution in [0, 0.1) is 12.7 Å². The second kappa shape index (κ2) is 5.97. The van der Waals surface area contributed by atoms with Crippen LogP contribution < -0.4 is 4.74 Å². The molecule has 20 heavy (non-hydrogen) atoms. The molecule has 1 aromatic heterocycles. The van der Waals surface area contributed by atoms with Crippen LogP contribution in [0.2, 0.25) is 0 Å². The number of carbonyl (C=O) groups is 1. The first-order valence-corrected chi connectivity index (χ1v) is 5.85. The van der Waals surface area contributed by atoms with E-state index in [0.717, 1.165) is 11.6 Å². The molecule has 0 amide bonds. The maximum absolute atomic E-state index is 13.5. The van der Waals surface area contributed by atoms with Crippen LogP contribution in [0.15, 0.2) is 42.6 Å².